The highest BCUT2D eigenvalue weighted by Gasteiger charge is 2.16. The number of nitriles is 1. The summed E-state index contributed by atoms with van der Waals surface area (Å²) in [5.41, 5.74) is 1.18. The monoisotopic (exact) mass is 232 g/mol. The Kier molecular flexibility index (Phi) is 6.31. The van der Waals surface area contributed by atoms with Crippen molar-refractivity contribution in [1.29, 1.82) is 5.26 Å². The van der Waals surface area contributed by atoms with E-state index in [1.54, 1.807) is 0 Å². The number of hydrogen-bond donors (Lipinski definition) is 1. The largest absolute Gasteiger partial charge is 0.395 e. The Morgan fingerprint density at radius 3 is 2.59 bits per heavy atom. The number of aliphatic hydroxyl groups is 1. The second-order valence-corrected chi connectivity index (χ2v) is 4.17. The first kappa shape index (κ1) is 13.7. The molecule has 1 rings (SSSR count). The number of hydrogen-bond acceptors (Lipinski definition) is 3. The maximum absolute atomic E-state index is 9.38. The summed E-state index contributed by atoms with van der Waals surface area (Å²) in [6, 6.07) is 12.3. The summed E-state index contributed by atoms with van der Waals surface area (Å²) in [4.78, 5) is 2.04. The smallest absolute Gasteiger partial charge is 0.0872 e. The molecule has 1 aromatic carbocycles. The average Bonchev–Trinajstić information content (AvgIpc) is 2.37. The van der Waals surface area contributed by atoms with Gasteiger partial charge in [0.1, 0.15) is 0 Å². The van der Waals surface area contributed by atoms with Crippen molar-refractivity contribution in [2.45, 2.75) is 32.4 Å². The van der Waals surface area contributed by atoms with Gasteiger partial charge in [-0.3, -0.25) is 4.90 Å². The van der Waals surface area contributed by atoms with E-state index in [1.165, 1.54) is 5.56 Å². The van der Waals surface area contributed by atoms with Crippen molar-refractivity contribution in [3.05, 3.63) is 35.9 Å². The van der Waals surface area contributed by atoms with E-state index in [9.17, 15) is 5.11 Å². The molecular formula is C14H20N2O. The first-order valence-corrected chi connectivity index (χ1v) is 6.07. The van der Waals surface area contributed by atoms with Crippen molar-refractivity contribution in [3.63, 3.8) is 0 Å². The zero-order valence-electron chi connectivity index (χ0n) is 10.3. The molecule has 0 radical (unpaired) electrons. The van der Waals surface area contributed by atoms with Gasteiger partial charge in [0.2, 0.25) is 0 Å². The van der Waals surface area contributed by atoms with E-state index in [1.807, 2.05) is 35.2 Å². The molecule has 1 atom stereocenters. The fraction of sp³-hybridized carbons (Fsp3) is 0.500. The van der Waals surface area contributed by atoms with Crippen molar-refractivity contribution < 1.29 is 5.11 Å². The molecule has 0 aliphatic heterocycles. The summed E-state index contributed by atoms with van der Waals surface area (Å²) in [7, 11) is 0. The van der Waals surface area contributed by atoms with E-state index >= 15 is 0 Å². The van der Waals surface area contributed by atoms with Gasteiger partial charge in [0.25, 0.3) is 0 Å². The minimum atomic E-state index is 0.0832. The molecular weight excluding hydrogens is 212 g/mol. The van der Waals surface area contributed by atoms with E-state index in [0.717, 1.165) is 19.4 Å². The van der Waals surface area contributed by atoms with Crippen LogP contribution in [0, 0.1) is 11.3 Å². The maximum Gasteiger partial charge on any atom is 0.0872 e. The van der Waals surface area contributed by atoms with Gasteiger partial charge in [-0.25, -0.2) is 0 Å². The Labute approximate surface area is 103 Å². The lowest BCUT2D eigenvalue weighted by molar-refractivity contribution is 0.122. The van der Waals surface area contributed by atoms with Crippen LogP contribution in [0.1, 0.15) is 25.3 Å². The third-order valence-corrected chi connectivity index (χ3v) is 2.85. The first-order chi connectivity index (χ1) is 8.31. The highest BCUT2D eigenvalue weighted by Crippen LogP contribution is 2.11. The van der Waals surface area contributed by atoms with Crippen molar-refractivity contribution in [1.82, 2.24) is 4.90 Å². The lowest BCUT2D eigenvalue weighted by Crippen LogP contribution is -2.37. The van der Waals surface area contributed by atoms with Gasteiger partial charge < -0.3 is 5.11 Å². The molecule has 0 aromatic heterocycles. The van der Waals surface area contributed by atoms with Crippen LogP contribution in [0.25, 0.3) is 0 Å². The lowest BCUT2D eigenvalue weighted by Gasteiger charge is -2.28. The topological polar surface area (TPSA) is 47.3 Å². The van der Waals surface area contributed by atoms with Gasteiger partial charge in [-0.1, -0.05) is 43.7 Å². The average molecular weight is 232 g/mol. The van der Waals surface area contributed by atoms with Gasteiger partial charge in [-0.15, -0.1) is 0 Å². The standard InChI is InChI=1S/C14H20N2O/c1-2-6-14(12-17)16(10-9-15)11-13-7-4-3-5-8-13/h3-5,7-8,14,17H,2,6,10-12H2,1H3/t14-/m0/s1. The number of rotatable bonds is 7. The predicted octanol–water partition coefficient (Wildman–Crippen LogP) is 2.17. The Bertz CT molecular complexity index is 345. The first-order valence-electron chi connectivity index (χ1n) is 6.07. The molecule has 0 fully saturated rings. The van der Waals surface area contributed by atoms with Crippen LogP contribution in [-0.2, 0) is 6.54 Å². The molecule has 0 aliphatic carbocycles. The van der Waals surface area contributed by atoms with Gasteiger partial charge in [0.15, 0.2) is 0 Å². The van der Waals surface area contributed by atoms with E-state index in [-0.39, 0.29) is 12.6 Å². The van der Waals surface area contributed by atoms with Crippen LogP contribution < -0.4 is 0 Å². The molecule has 3 nitrogen and oxygen atoms in total. The van der Waals surface area contributed by atoms with Crippen LogP contribution >= 0.6 is 0 Å². The van der Waals surface area contributed by atoms with Crippen molar-refractivity contribution in [2.24, 2.45) is 0 Å². The molecule has 92 valence electrons. The van der Waals surface area contributed by atoms with E-state index in [4.69, 9.17) is 5.26 Å². The highest BCUT2D eigenvalue weighted by atomic mass is 16.3. The zero-order valence-corrected chi connectivity index (χ0v) is 10.3. The quantitative estimate of drug-likeness (QED) is 0.733. The normalized spacial score (nSPS) is 12.4. The van der Waals surface area contributed by atoms with Crippen LogP contribution in [0.15, 0.2) is 30.3 Å². The molecule has 3 heteroatoms. The number of nitrogens with zero attached hydrogens (tertiary/aromatic N) is 2. The van der Waals surface area contributed by atoms with E-state index in [0.29, 0.717) is 6.54 Å². The molecule has 1 N–H and O–H groups in total. The third kappa shape index (κ3) is 4.56. The fourth-order valence-corrected chi connectivity index (χ4v) is 1.95. The molecule has 0 saturated heterocycles. The van der Waals surface area contributed by atoms with Gasteiger partial charge in [-0.2, -0.15) is 5.26 Å². The summed E-state index contributed by atoms with van der Waals surface area (Å²) in [6.07, 6.45) is 1.94. The Morgan fingerprint density at radius 2 is 2.06 bits per heavy atom. The van der Waals surface area contributed by atoms with Crippen molar-refractivity contribution in [2.75, 3.05) is 13.2 Å². The molecule has 0 bridgehead atoms. The summed E-state index contributed by atoms with van der Waals surface area (Å²) >= 11 is 0. The fourth-order valence-electron chi connectivity index (χ4n) is 1.95. The molecule has 0 saturated carbocycles. The summed E-state index contributed by atoms with van der Waals surface area (Å²) in [5.74, 6) is 0. The Hall–Kier alpha value is -1.37. The van der Waals surface area contributed by atoms with Gasteiger partial charge in [0, 0.05) is 12.6 Å². The second kappa shape index (κ2) is 7.83. The van der Waals surface area contributed by atoms with Gasteiger partial charge in [-0.05, 0) is 12.0 Å². The minimum Gasteiger partial charge on any atom is -0.395 e. The number of benzene rings is 1. The van der Waals surface area contributed by atoms with Crippen LogP contribution in [-0.4, -0.2) is 29.2 Å². The SMILES string of the molecule is CCC[C@@H](CO)N(CC#N)Cc1ccccc1. The van der Waals surface area contributed by atoms with Gasteiger partial charge in [0.05, 0.1) is 19.2 Å². The van der Waals surface area contributed by atoms with Gasteiger partial charge >= 0.3 is 0 Å². The molecule has 0 unspecified atom stereocenters. The highest BCUT2D eigenvalue weighted by molar-refractivity contribution is 5.14. The molecule has 1 aromatic rings. The summed E-state index contributed by atoms with van der Waals surface area (Å²) < 4.78 is 0. The predicted molar refractivity (Wildman–Crippen MR) is 68.2 cm³/mol. The van der Waals surface area contributed by atoms with E-state index < -0.39 is 0 Å². The minimum absolute atomic E-state index is 0.0832. The Morgan fingerprint density at radius 1 is 1.35 bits per heavy atom. The molecule has 0 heterocycles. The van der Waals surface area contributed by atoms with Crippen molar-refractivity contribution >= 4 is 0 Å². The summed E-state index contributed by atoms with van der Waals surface area (Å²) in [5, 5.41) is 18.2. The second-order valence-electron chi connectivity index (χ2n) is 4.17. The molecule has 0 amide bonds. The molecule has 0 aliphatic rings. The van der Waals surface area contributed by atoms with E-state index in [2.05, 4.69) is 13.0 Å². The number of aliphatic hydroxyl groups excluding tert-OH is 1. The van der Waals surface area contributed by atoms with Crippen LogP contribution in [0.4, 0.5) is 0 Å². The zero-order chi connectivity index (χ0) is 12.5. The molecule has 17 heavy (non-hydrogen) atoms. The third-order valence-electron chi connectivity index (χ3n) is 2.85. The van der Waals surface area contributed by atoms with Crippen LogP contribution in [0.2, 0.25) is 0 Å². The Balaban J connectivity index is 2.68. The van der Waals surface area contributed by atoms with Crippen LogP contribution in [0.3, 0.4) is 0 Å². The lowest BCUT2D eigenvalue weighted by atomic mass is 10.1. The summed E-state index contributed by atoms with van der Waals surface area (Å²) in [6.45, 7) is 3.29. The van der Waals surface area contributed by atoms with Crippen molar-refractivity contribution in [3.8, 4) is 6.07 Å². The maximum atomic E-state index is 9.38. The van der Waals surface area contributed by atoms with Crippen LogP contribution in [0.5, 0.6) is 0 Å². The molecule has 0 spiro atoms.